The highest BCUT2D eigenvalue weighted by molar-refractivity contribution is 6.51. The molecule has 174 valence electrons. The number of aromatic hydroxyl groups is 1. The van der Waals surface area contributed by atoms with Crippen LogP contribution in [0, 0.1) is 6.92 Å². The Morgan fingerprint density at radius 1 is 0.971 bits per heavy atom. The summed E-state index contributed by atoms with van der Waals surface area (Å²) in [6.45, 7) is 1.83. The molecule has 34 heavy (non-hydrogen) atoms. The summed E-state index contributed by atoms with van der Waals surface area (Å²) in [5, 5.41) is 22.1. The molecule has 0 spiro atoms. The van der Waals surface area contributed by atoms with Crippen LogP contribution < -0.4 is 14.4 Å². The number of aliphatic hydroxyl groups excluding tert-OH is 1. The Hall–Kier alpha value is -3.97. The molecule has 0 aliphatic carbocycles. The van der Waals surface area contributed by atoms with E-state index in [1.165, 1.54) is 31.3 Å². The molecule has 3 aromatic rings. The zero-order chi connectivity index (χ0) is 24.6. The number of halogens is 1. The van der Waals surface area contributed by atoms with E-state index in [9.17, 15) is 19.8 Å². The third kappa shape index (κ3) is 3.95. The van der Waals surface area contributed by atoms with E-state index in [4.69, 9.17) is 21.1 Å². The van der Waals surface area contributed by atoms with E-state index in [0.29, 0.717) is 22.0 Å². The quantitative estimate of drug-likeness (QED) is 0.304. The van der Waals surface area contributed by atoms with Gasteiger partial charge in [-0.15, -0.1) is 0 Å². The molecule has 0 radical (unpaired) electrons. The second-order valence-corrected chi connectivity index (χ2v) is 8.22. The topological polar surface area (TPSA) is 96.3 Å². The Morgan fingerprint density at radius 3 is 2.32 bits per heavy atom. The third-order valence-corrected chi connectivity index (χ3v) is 5.89. The number of nitrogens with zero attached hydrogens (tertiary/aromatic N) is 1. The fourth-order valence-corrected chi connectivity index (χ4v) is 4.25. The predicted molar refractivity (Wildman–Crippen MR) is 129 cm³/mol. The molecule has 0 aromatic heterocycles. The SMILES string of the molecule is COc1ccc(C2/C(=C(\O)c3cc(C)ccc3OC)C(=O)C(=O)N2c2cccc(Cl)c2)cc1O. The third-order valence-electron chi connectivity index (χ3n) is 5.66. The second kappa shape index (κ2) is 9.11. The molecule has 1 fully saturated rings. The Kier molecular flexibility index (Phi) is 6.22. The van der Waals surface area contributed by atoms with E-state index >= 15 is 0 Å². The minimum atomic E-state index is -1.04. The van der Waals surface area contributed by atoms with Crippen molar-refractivity contribution >= 4 is 34.7 Å². The summed E-state index contributed by atoms with van der Waals surface area (Å²) in [5.74, 6) is -1.71. The molecule has 4 rings (SSSR count). The Bertz CT molecular complexity index is 1330. The molecule has 1 saturated heterocycles. The highest BCUT2D eigenvalue weighted by atomic mass is 35.5. The number of phenols is 1. The van der Waals surface area contributed by atoms with Gasteiger partial charge >= 0.3 is 0 Å². The van der Waals surface area contributed by atoms with Crippen molar-refractivity contribution in [2.75, 3.05) is 19.1 Å². The molecule has 1 aliphatic heterocycles. The van der Waals surface area contributed by atoms with Crippen molar-refractivity contribution in [3.63, 3.8) is 0 Å². The normalized spacial score (nSPS) is 17.2. The molecule has 3 aromatic carbocycles. The maximum Gasteiger partial charge on any atom is 0.300 e. The number of carbonyl (C=O) groups is 2. The fraction of sp³-hybridized carbons (Fsp3) is 0.154. The summed E-state index contributed by atoms with van der Waals surface area (Å²) in [6, 6.07) is 15.1. The molecule has 1 unspecified atom stereocenters. The van der Waals surface area contributed by atoms with Gasteiger partial charge in [-0.05, 0) is 55.0 Å². The fourth-order valence-electron chi connectivity index (χ4n) is 4.07. The van der Waals surface area contributed by atoms with Gasteiger partial charge in [0.25, 0.3) is 11.7 Å². The summed E-state index contributed by atoms with van der Waals surface area (Å²) in [7, 11) is 2.86. The first-order valence-electron chi connectivity index (χ1n) is 10.3. The van der Waals surface area contributed by atoms with E-state index in [-0.39, 0.29) is 28.4 Å². The summed E-state index contributed by atoms with van der Waals surface area (Å²) in [5.41, 5.74) is 1.72. The van der Waals surface area contributed by atoms with Gasteiger partial charge < -0.3 is 19.7 Å². The predicted octanol–water partition coefficient (Wildman–Crippen LogP) is 5.00. The summed E-state index contributed by atoms with van der Waals surface area (Å²) in [4.78, 5) is 27.8. The zero-order valence-corrected chi connectivity index (χ0v) is 19.5. The van der Waals surface area contributed by atoms with E-state index < -0.39 is 17.7 Å². The minimum absolute atomic E-state index is 0.140. The van der Waals surface area contributed by atoms with Gasteiger partial charge in [0.1, 0.15) is 11.5 Å². The molecule has 1 aliphatic rings. The summed E-state index contributed by atoms with van der Waals surface area (Å²) in [6.07, 6.45) is 0. The number of hydrogen-bond acceptors (Lipinski definition) is 6. The average Bonchev–Trinajstić information content (AvgIpc) is 3.09. The van der Waals surface area contributed by atoms with Crippen molar-refractivity contribution in [3.8, 4) is 17.2 Å². The zero-order valence-electron chi connectivity index (χ0n) is 18.7. The Labute approximate surface area is 201 Å². The van der Waals surface area contributed by atoms with Crippen LogP contribution in [-0.2, 0) is 9.59 Å². The number of benzene rings is 3. The van der Waals surface area contributed by atoms with Crippen LogP contribution >= 0.6 is 11.6 Å². The van der Waals surface area contributed by atoms with Gasteiger partial charge in [-0.25, -0.2) is 0 Å². The number of carbonyl (C=O) groups excluding carboxylic acids is 2. The molecule has 1 amide bonds. The molecule has 2 N–H and O–H groups in total. The molecule has 0 bridgehead atoms. The molecular formula is C26H22ClNO6. The van der Waals surface area contributed by atoms with Gasteiger partial charge in [0, 0.05) is 10.7 Å². The van der Waals surface area contributed by atoms with E-state index in [1.807, 2.05) is 6.92 Å². The summed E-state index contributed by atoms with van der Waals surface area (Å²) >= 11 is 6.16. The molecule has 1 atom stereocenters. The van der Waals surface area contributed by atoms with Crippen molar-refractivity contribution < 1.29 is 29.3 Å². The standard InChI is InChI=1S/C26H22ClNO6/c1-14-7-9-20(33-2)18(11-14)24(30)22-23(15-8-10-21(34-3)19(29)12-15)28(26(32)25(22)31)17-6-4-5-16(27)13-17/h4-13,23,29-30H,1-3H3/b24-22+. The molecule has 1 heterocycles. The van der Waals surface area contributed by atoms with Gasteiger partial charge in [0.15, 0.2) is 11.5 Å². The molecule has 8 heteroatoms. The second-order valence-electron chi connectivity index (χ2n) is 7.78. The number of anilines is 1. The van der Waals surface area contributed by atoms with Gasteiger partial charge in [0.05, 0.1) is 31.4 Å². The molecule has 0 saturated carbocycles. The van der Waals surface area contributed by atoms with Crippen molar-refractivity contribution in [3.05, 3.63) is 87.9 Å². The Morgan fingerprint density at radius 2 is 1.68 bits per heavy atom. The largest absolute Gasteiger partial charge is 0.507 e. The van der Waals surface area contributed by atoms with E-state index in [0.717, 1.165) is 5.56 Å². The van der Waals surface area contributed by atoms with Crippen molar-refractivity contribution in [2.24, 2.45) is 0 Å². The number of methoxy groups -OCH3 is 2. The van der Waals surface area contributed by atoms with Crippen LogP contribution in [0.3, 0.4) is 0 Å². The van der Waals surface area contributed by atoms with Crippen LogP contribution in [-0.4, -0.2) is 36.1 Å². The van der Waals surface area contributed by atoms with Crippen LogP contribution in [0.4, 0.5) is 5.69 Å². The van der Waals surface area contributed by atoms with Gasteiger partial charge in [-0.3, -0.25) is 14.5 Å². The van der Waals surface area contributed by atoms with E-state index in [2.05, 4.69) is 0 Å². The lowest BCUT2D eigenvalue weighted by atomic mass is 9.94. The van der Waals surface area contributed by atoms with Crippen LogP contribution in [0.5, 0.6) is 17.2 Å². The van der Waals surface area contributed by atoms with Crippen molar-refractivity contribution in [1.82, 2.24) is 0 Å². The number of Topliss-reactive ketones (excluding diaryl/α,β-unsaturated/α-hetero) is 1. The van der Waals surface area contributed by atoms with Gasteiger partial charge in [-0.2, -0.15) is 0 Å². The van der Waals surface area contributed by atoms with Crippen LogP contribution in [0.1, 0.15) is 22.7 Å². The number of amides is 1. The number of phenolic OH excluding ortho intramolecular Hbond substituents is 1. The number of hydrogen-bond donors (Lipinski definition) is 2. The first-order valence-corrected chi connectivity index (χ1v) is 10.7. The smallest absolute Gasteiger partial charge is 0.300 e. The van der Waals surface area contributed by atoms with Crippen molar-refractivity contribution in [1.29, 1.82) is 0 Å². The Balaban J connectivity index is 2.01. The maximum atomic E-state index is 13.3. The van der Waals surface area contributed by atoms with Gasteiger partial charge in [0.2, 0.25) is 0 Å². The van der Waals surface area contributed by atoms with Crippen LogP contribution in [0.15, 0.2) is 66.2 Å². The number of aryl methyl sites for hydroxylation is 1. The van der Waals surface area contributed by atoms with E-state index in [1.54, 1.807) is 48.5 Å². The lowest BCUT2D eigenvalue weighted by Gasteiger charge is -2.26. The van der Waals surface area contributed by atoms with Crippen LogP contribution in [0.2, 0.25) is 5.02 Å². The lowest BCUT2D eigenvalue weighted by Crippen LogP contribution is -2.29. The van der Waals surface area contributed by atoms with Crippen LogP contribution in [0.25, 0.3) is 5.76 Å². The number of rotatable bonds is 5. The first-order chi connectivity index (χ1) is 16.3. The first kappa shape index (κ1) is 23.2. The summed E-state index contributed by atoms with van der Waals surface area (Å²) < 4.78 is 10.5. The number of ketones is 1. The average molecular weight is 480 g/mol. The lowest BCUT2D eigenvalue weighted by molar-refractivity contribution is -0.132. The van der Waals surface area contributed by atoms with Crippen molar-refractivity contribution in [2.45, 2.75) is 13.0 Å². The maximum absolute atomic E-state index is 13.3. The minimum Gasteiger partial charge on any atom is -0.507 e. The molecule has 7 nitrogen and oxygen atoms in total. The number of aliphatic hydroxyl groups is 1. The number of ether oxygens (including phenoxy) is 2. The van der Waals surface area contributed by atoms with Gasteiger partial charge in [-0.1, -0.05) is 35.4 Å². The monoisotopic (exact) mass is 479 g/mol. The highest BCUT2D eigenvalue weighted by Crippen LogP contribution is 2.45. The highest BCUT2D eigenvalue weighted by Gasteiger charge is 2.47. The molecular weight excluding hydrogens is 458 g/mol.